The molecule has 2 nitrogen and oxygen atoms in total. The van der Waals surface area contributed by atoms with Gasteiger partial charge in [0.15, 0.2) is 0 Å². The third-order valence-corrected chi connectivity index (χ3v) is 3.62. The summed E-state index contributed by atoms with van der Waals surface area (Å²) in [6.45, 7) is 6.52. The van der Waals surface area contributed by atoms with Gasteiger partial charge in [0.05, 0.1) is 4.88 Å². The molecule has 0 fully saturated rings. The maximum atomic E-state index is 11.9. The molecular formula is C15H19NOS. The Morgan fingerprint density at radius 1 is 1.17 bits per heavy atom. The Labute approximate surface area is 113 Å². The number of anilines is 1. The SMILES string of the molecule is CC(C)(C)c1ccc(NC(=O)c2cccs2)cc1.[HH]. The van der Waals surface area contributed by atoms with Crippen LogP contribution in [0.3, 0.4) is 0 Å². The summed E-state index contributed by atoms with van der Waals surface area (Å²) in [6, 6.07) is 11.7. The van der Waals surface area contributed by atoms with Crippen LogP contribution in [0, 0.1) is 0 Å². The van der Waals surface area contributed by atoms with E-state index in [1.165, 1.54) is 16.9 Å². The second-order valence-electron chi connectivity index (χ2n) is 5.26. The van der Waals surface area contributed by atoms with E-state index in [2.05, 4.69) is 38.2 Å². The number of thiophene rings is 1. The molecule has 0 aliphatic rings. The Kier molecular flexibility index (Phi) is 3.53. The highest BCUT2D eigenvalue weighted by Crippen LogP contribution is 2.23. The first-order valence-corrected chi connectivity index (χ1v) is 6.80. The van der Waals surface area contributed by atoms with Gasteiger partial charge in [-0.2, -0.15) is 0 Å². The molecule has 1 aromatic carbocycles. The van der Waals surface area contributed by atoms with Crippen LogP contribution in [0.25, 0.3) is 0 Å². The Bertz CT molecular complexity index is 526. The van der Waals surface area contributed by atoms with Gasteiger partial charge in [0, 0.05) is 7.11 Å². The molecule has 1 amide bonds. The zero-order valence-electron chi connectivity index (χ0n) is 10.9. The van der Waals surface area contributed by atoms with Crippen LogP contribution in [-0.4, -0.2) is 5.91 Å². The van der Waals surface area contributed by atoms with E-state index >= 15 is 0 Å². The third kappa shape index (κ3) is 2.99. The number of carbonyl (C=O) groups excluding carboxylic acids is 1. The predicted molar refractivity (Wildman–Crippen MR) is 79.5 cm³/mol. The van der Waals surface area contributed by atoms with Gasteiger partial charge in [0.25, 0.3) is 5.91 Å². The molecule has 0 bridgehead atoms. The first-order valence-electron chi connectivity index (χ1n) is 5.92. The molecule has 0 aliphatic carbocycles. The van der Waals surface area contributed by atoms with Crippen molar-refractivity contribution in [3.05, 3.63) is 52.2 Å². The summed E-state index contributed by atoms with van der Waals surface area (Å²) in [7, 11) is 0. The molecule has 96 valence electrons. The van der Waals surface area contributed by atoms with E-state index in [-0.39, 0.29) is 12.7 Å². The lowest BCUT2D eigenvalue weighted by Gasteiger charge is -2.19. The first-order chi connectivity index (χ1) is 8.47. The molecule has 18 heavy (non-hydrogen) atoms. The van der Waals surface area contributed by atoms with E-state index < -0.39 is 0 Å². The second kappa shape index (κ2) is 4.94. The first kappa shape index (κ1) is 12.8. The highest BCUT2D eigenvalue weighted by Gasteiger charge is 2.13. The summed E-state index contributed by atoms with van der Waals surface area (Å²) in [6.07, 6.45) is 0. The Morgan fingerprint density at radius 2 is 1.83 bits per heavy atom. The molecule has 0 aliphatic heterocycles. The second-order valence-corrected chi connectivity index (χ2v) is 6.21. The number of amides is 1. The van der Waals surface area contributed by atoms with Gasteiger partial charge in [-0.05, 0) is 34.6 Å². The molecule has 0 atom stereocenters. The van der Waals surface area contributed by atoms with E-state index in [1.54, 1.807) is 0 Å². The smallest absolute Gasteiger partial charge is 0.265 e. The average molecular weight is 261 g/mol. The van der Waals surface area contributed by atoms with Crippen molar-refractivity contribution in [3.63, 3.8) is 0 Å². The fourth-order valence-electron chi connectivity index (χ4n) is 1.65. The Morgan fingerprint density at radius 3 is 2.33 bits per heavy atom. The Balaban J connectivity index is 0.00000180. The number of rotatable bonds is 2. The van der Waals surface area contributed by atoms with Gasteiger partial charge in [-0.1, -0.05) is 39.0 Å². The summed E-state index contributed by atoms with van der Waals surface area (Å²) in [5, 5.41) is 4.79. The molecule has 2 rings (SSSR count). The fraction of sp³-hybridized carbons (Fsp3) is 0.267. The highest BCUT2D eigenvalue weighted by atomic mass is 32.1. The van der Waals surface area contributed by atoms with E-state index in [9.17, 15) is 4.79 Å². The van der Waals surface area contributed by atoms with Crippen molar-refractivity contribution >= 4 is 22.9 Å². The van der Waals surface area contributed by atoms with Crippen LogP contribution in [-0.2, 0) is 5.41 Å². The molecule has 0 radical (unpaired) electrons. The average Bonchev–Trinajstić information content (AvgIpc) is 2.82. The zero-order valence-corrected chi connectivity index (χ0v) is 11.7. The van der Waals surface area contributed by atoms with Gasteiger partial charge in [0.1, 0.15) is 0 Å². The predicted octanol–water partition coefficient (Wildman–Crippen LogP) is 4.54. The summed E-state index contributed by atoms with van der Waals surface area (Å²) in [5.41, 5.74) is 2.23. The van der Waals surface area contributed by atoms with Crippen molar-refractivity contribution in [2.24, 2.45) is 0 Å². The summed E-state index contributed by atoms with van der Waals surface area (Å²) < 4.78 is 0. The van der Waals surface area contributed by atoms with Crippen LogP contribution in [0.4, 0.5) is 5.69 Å². The quantitative estimate of drug-likeness (QED) is 0.844. The zero-order chi connectivity index (χ0) is 13.2. The standard InChI is InChI=1S/C15H17NOS.H2/c1-15(2,3)11-6-8-12(9-7-11)16-14(17)13-5-4-10-18-13;/h4-10H,1-3H3,(H,16,17);1H. The number of hydrogen-bond acceptors (Lipinski definition) is 2. The fourth-order valence-corrected chi connectivity index (χ4v) is 2.27. The number of benzene rings is 1. The molecule has 0 unspecified atom stereocenters. The summed E-state index contributed by atoms with van der Waals surface area (Å²) in [5.74, 6) is -0.0477. The summed E-state index contributed by atoms with van der Waals surface area (Å²) in [4.78, 5) is 12.6. The summed E-state index contributed by atoms with van der Waals surface area (Å²) >= 11 is 1.45. The Hall–Kier alpha value is -1.61. The monoisotopic (exact) mass is 261 g/mol. The van der Waals surface area contributed by atoms with E-state index in [4.69, 9.17) is 0 Å². The van der Waals surface area contributed by atoms with Crippen LogP contribution in [0.1, 0.15) is 37.4 Å². The van der Waals surface area contributed by atoms with Gasteiger partial charge in [0.2, 0.25) is 0 Å². The van der Waals surface area contributed by atoms with Crippen molar-refractivity contribution in [2.45, 2.75) is 26.2 Å². The van der Waals surface area contributed by atoms with Crippen molar-refractivity contribution in [2.75, 3.05) is 5.32 Å². The van der Waals surface area contributed by atoms with E-state index in [1.807, 2.05) is 29.6 Å². The molecule has 0 saturated heterocycles. The maximum absolute atomic E-state index is 11.9. The van der Waals surface area contributed by atoms with E-state index in [0.29, 0.717) is 0 Å². The number of carbonyl (C=O) groups is 1. The highest BCUT2D eigenvalue weighted by molar-refractivity contribution is 7.12. The van der Waals surface area contributed by atoms with Gasteiger partial charge in [-0.3, -0.25) is 4.79 Å². The van der Waals surface area contributed by atoms with Gasteiger partial charge >= 0.3 is 0 Å². The van der Waals surface area contributed by atoms with Crippen LogP contribution in [0.5, 0.6) is 0 Å². The maximum Gasteiger partial charge on any atom is 0.265 e. The molecule has 3 heteroatoms. The topological polar surface area (TPSA) is 29.1 Å². The molecule has 0 spiro atoms. The van der Waals surface area contributed by atoms with Crippen molar-refractivity contribution < 1.29 is 6.22 Å². The molecule has 1 heterocycles. The molecular weight excluding hydrogens is 242 g/mol. The van der Waals surface area contributed by atoms with Crippen LogP contribution in [0.15, 0.2) is 41.8 Å². The third-order valence-electron chi connectivity index (χ3n) is 2.75. The lowest BCUT2D eigenvalue weighted by Crippen LogP contribution is -2.12. The molecule has 0 saturated carbocycles. The van der Waals surface area contributed by atoms with Gasteiger partial charge in [-0.25, -0.2) is 0 Å². The number of nitrogens with one attached hydrogen (secondary N) is 1. The largest absolute Gasteiger partial charge is 0.321 e. The number of hydrogen-bond donors (Lipinski definition) is 1. The molecule has 1 N–H and O–H groups in total. The molecule has 1 aromatic heterocycles. The van der Waals surface area contributed by atoms with Crippen molar-refractivity contribution in [1.82, 2.24) is 0 Å². The minimum absolute atomic E-state index is 0. The molecule has 2 aromatic rings. The minimum atomic E-state index is -0.0477. The lowest BCUT2D eigenvalue weighted by atomic mass is 9.87. The normalized spacial score (nSPS) is 11.3. The van der Waals surface area contributed by atoms with Crippen molar-refractivity contribution in [1.29, 1.82) is 0 Å². The van der Waals surface area contributed by atoms with Gasteiger partial charge < -0.3 is 5.32 Å². The minimum Gasteiger partial charge on any atom is -0.321 e. The van der Waals surface area contributed by atoms with E-state index in [0.717, 1.165) is 10.6 Å². The van der Waals surface area contributed by atoms with Crippen LogP contribution >= 0.6 is 11.3 Å². The van der Waals surface area contributed by atoms with Gasteiger partial charge in [-0.15, -0.1) is 11.3 Å². The van der Waals surface area contributed by atoms with Crippen LogP contribution in [0.2, 0.25) is 0 Å². The van der Waals surface area contributed by atoms with Crippen molar-refractivity contribution in [3.8, 4) is 0 Å². The lowest BCUT2D eigenvalue weighted by molar-refractivity contribution is 0.103. The van der Waals surface area contributed by atoms with Crippen LogP contribution < -0.4 is 5.32 Å².